The molecule has 1 aliphatic heterocycles. The van der Waals surface area contributed by atoms with Crippen molar-refractivity contribution in [3.8, 4) is 0 Å². The van der Waals surface area contributed by atoms with Gasteiger partial charge in [0.15, 0.2) is 5.82 Å². The third-order valence-electron chi connectivity index (χ3n) is 5.27. The number of halogens is 1. The van der Waals surface area contributed by atoms with Crippen LogP contribution < -0.4 is 5.73 Å². The number of amides is 1. The van der Waals surface area contributed by atoms with E-state index in [9.17, 15) is 9.18 Å². The molecule has 144 valence electrons. The van der Waals surface area contributed by atoms with E-state index < -0.39 is 5.41 Å². The first-order valence-corrected chi connectivity index (χ1v) is 9.19. The van der Waals surface area contributed by atoms with Crippen molar-refractivity contribution in [2.75, 3.05) is 13.1 Å². The fourth-order valence-corrected chi connectivity index (χ4v) is 3.81. The summed E-state index contributed by atoms with van der Waals surface area (Å²) in [6.45, 7) is 1.66. The number of hydrogen-bond donors (Lipinski definition) is 1. The zero-order chi connectivity index (χ0) is 19.6. The lowest BCUT2D eigenvalue weighted by Crippen LogP contribution is -2.43. The molecule has 28 heavy (non-hydrogen) atoms. The highest BCUT2D eigenvalue weighted by Gasteiger charge is 2.44. The van der Waals surface area contributed by atoms with E-state index in [0.717, 1.165) is 11.1 Å². The molecule has 0 radical (unpaired) electrons. The van der Waals surface area contributed by atoms with Gasteiger partial charge in [-0.15, -0.1) is 0 Å². The van der Waals surface area contributed by atoms with Gasteiger partial charge >= 0.3 is 0 Å². The molecule has 6 nitrogen and oxygen atoms in total. The molecule has 2 N–H and O–H groups in total. The third kappa shape index (κ3) is 3.66. The summed E-state index contributed by atoms with van der Waals surface area (Å²) in [6.07, 6.45) is 1.05. The van der Waals surface area contributed by atoms with E-state index in [4.69, 9.17) is 10.3 Å². The van der Waals surface area contributed by atoms with Crippen molar-refractivity contribution in [2.45, 2.75) is 24.8 Å². The summed E-state index contributed by atoms with van der Waals surface area (Å²) in [5.74, 6) is 0.365. The third-order valence-corrected chi connectivity index (χ3v) is 5.27. The first-order chi connectivity index (χ1) is 13.5. The van der Waals surface area contributed by atoms with E-state index in [0.29, 0.717) is 44.2 Å². The van der Waals surface area contributed by atoms with E-state index in [1.165, 1.54) is 12.1 Å². The van der Waals surface area contributed by atoms with Crippen LogP contribution in [0.1, 0.15) is 29.3 Å². The van der Waals surface area contributed by atoms with Gasteiger partial charge < -0.3 is 10.3 Å². The van der Waals surface area contributed by atoms with Crippen molar-refractivity contribution in [2.24, 2.45) is 5.73 Å². The molecule has 1 amide bonds. The van der Waals surface area contributed by atoms with Crippen LogP contribution in [0.25, 0.3) is 0 Å². The highest BCUT2D eigenvalue weighted by atomic mass is 19.1. The molecule has 4 rings (SSSR count). The minimum absolute atomic E-state index is 0.290. The van der Waals surface area contributed by atoms with Crippen molar-refractivity contribution in [1.29, 1.82) is 0 Å². The molecule has 3 aromatic rings. The Balaban J connectivity index is 1.44. The monoisotopic (exact) mass is 380 g/mol. The number of hydrogen-bond acceptors (Lipinski definition) is 5. The van der Waals surface area contributed by atoms with Crippen molar-refractivity contribution in [3.05, 3.63) is 83.3 Å². The fraction of sp³-hybridized carbons (Fsp3) is 0.286. The smallest absolute Gasteiger partial charge is 0.240 e. The highest BCUT2D eigenvalue weighted by molar-refractivity contribution is 5.87. The van der Waals surface area contributed by atoms with Crippen LogP contribution in [-0.2, 0) is 23.2 Å². The van der Waals surface area contributed by atoms with E-state index >= 15 is 0 Å². The molecule has 1 aromatic heterocycles. The van der Waals surface area contributed by atoms with Gasteiger partial charge in [0.2, 0.25) is 11.8 Å². The van der Waals surface area contributed by atoms with Gasteiger partial charge in [0.1, 0.15) is 5.82 Å². The lowest BCUT2D eigenvalue weighted by Gasteiger charge is -2.26. The second kappa shape index (κ2) is 7.52. The Morgan fingerprint density at radius 3 is 2.79 bits per heavy atom. The molecule has 2 aromatic carbocycles. The largest absolute Gasteiger partial charge is 0.369 e. The second-order valence-electron chi connectivity index (χ2n) is 7.18. The van der Waals surface area contributed by atoms with Crippen LogP contribution in [0.3, 0.4) is 0 Å². The number of primary amides is 1. The van der Waals surface area contributed by atoms with E-state index in [1.807, 2.05) is 36.4 Å². The summed E-state index contributed by atoms with van der Waals surface area (Å²) in [5.41, 5.74) is 6.79. The lowest BCUT2D eigenvalue weighted by molar-refractivity contribution is -0.123. The number of carbonyl (C=O) groups is 1. The molecule has 1 unspecified atom stereocenters. The Morgan fingerprint density at radius 2 is 2.04 bits per heavy atom. The van der Waals surface area contributed by atoms with Gasteiger partial charge in [-0.1, -0.05) is 47.6 Å². The van der Waals surface area contributed by atoms with Gasteiger partial charge in [0.25, 0.3) is 0 Å². The highest BCUT2D eigenvalue weighted by Crippen LogP contribution is 2.35. The molecule has 7 heteroatoms. The summed E-state index contributed by atoms with van der Waals surface area (Å²) in [7, 11) is 0. The van der Waals surface area contributed by atoms with Crippen LogP contribution in [0.2, 0.25) is 0 Å². The summed E-state index contributed by atoms with van der Waals surface area (Å²) >= 11 is 0. The van der Waals surface area contributed by atoms with Gasteiger partial charge in [-0.3, -0.25) is 9.69 Å². The molecule has 1 saturated heterocycles. The molecule has 1 atom stereocenters. The van der Waals surface area contributed by atoms with Crippen LogP contribution >= 0.6 is 0 Å². The predicted molar refractivity (Wildman–Crippen MR) is 101 cm³/mol. The number of nitrogens with zero attached hydrogens (tertiary/aromatic N) is 3. The molecule has 1 fully saturated rings. The molecule has 1 aliphatic rings. The zero-order valence-electron chi connectivity index (χ0n) is 15.3. The van der Waals surface area contributed by atoms with Gasteiger partial charge in [-0.2, -0.15) is 4.98 Å². The maximum absolute atomic E-state index is 13.3. The maximum Gasteiger partial charge on any atom is 0.240 e. The molecule has 0 bridgehead atoms. The van der Waals surface area contributed by atoms with Crippen LogP contribution in [0, 0.1) is 5.82 Å². The average molecular weight is 380 g/mol. The Bertz CT molecular complexity index is 975. The first kappa shape index (κ1) is 18.3. The summed E-state index contributed by atoms with van der Waals surface area (Å²) in [5, 5.41) is 3.99. The zero-order valence-corrected chi connectivity index (χ0v) is 15.3. The molecule has 0 spiro atoms. The molecule has 2 heterocycles. The van der Waals surface area contributed by atoms with Crippen molar-refractivity contribution in [1.82, 2.24) is 15.0 Å². The van der Waals surface area contributed by atoms with Crippen LogP contribution in [0.5, 0.6) is 0 Å². The molecule has 0 aliphatic carbocycles. The summed E-state index contributed by atoms with van der Waals surface area (Å²) < 4.78 is 18.7. The predicted octanol–water partition coefficient (Wildman–Crippen LogP) is 2.43. The molecular formula is C21H21FN4O2. The topological polar surface area (TPSA) is 85.3 Å². The molecule has 0 saturated carbocycles. The Labute approximate surface area is 162 Å². The van der Waals surface area contributed by atoms with Crippen molar-refractivity contribution >= 4 is 5.91 Å². The maximum atomic E-state index is 13.3. The summed E-state index contributed by atoms with van der Waals surface area (Å²) in [6, 6.07) is 16.0. The van der Waals surface area contributed by atoms with E-state index in [1.54, 1.807) is 6.07 Å². The minimum atomic E-state index is -0.703. The number of nitrogens with two attached hydrogens (primary N) is 1. The first-order valence-electron chi connectivity index (χ1n) is 9.19. The average Bonchev–Trinajstić information content (AvgIpc) is 3.31. The van der Waals surface area contributed by atoms with Gasteiger partial charge in [0.05, 0.1) is 12.0 Å². The number of rotatable bonds is 6. The number of aromatic nitrogens is 2. The second-order valence-corrected chi connectivity index (χ2v) is 7.18. The van der Waals surface area contributed by atoms with Crippen LogP contribution in [-0.4, -0.2) is 34.0 Å². The Kier molecular flexibility index (Phi) is 4.92. The van der Waals surface area contributed by atoms with E-state index in [2.05, 4.69) is 15.0 Å². The molecular weight excluding hydrogens is 359 g/mol. The number of likely N-dealkylation sites (tertiary alicyclic amines) is 1. The quantitative estimate of drug-likeness (QED) is 0.710. The standard InChI is InChI=1S/C21H21FN4O2/c22-17-8-4-5-15(11-17)12-18-24-19(28-25-18)13-26-10-9-21(14-26,20(23)27)16-6-2-1-3-7-16/h1-8,11H,9-10,12-14H2,(H2,23,27). The summed E-state index contributed by atoms with van der Waals surface area (Å²) in [4.78, 5) is 18.8. The van der Waals surface area contributed by atoms with Gasteiger partial charge in [0, 0.05) is 19.5 Å². The fourth-order valence-electron chi connectivity index (χ4n) is 3.81. The number of carbonyl (C=O) groups excluding carboxylic acids is 1. The normalized spacial score (nSPS) is 19.8. The van der Waals surface area contributed by atoms with Crippen molar-refractivity contribution in [3.63, 3.8) is 0 Å². The lowest BCUT2D eigenvalue weighted by atomic mass is 9.79. The van der Waals surface area contributed by atoms with Crippen LogP contribution in [0.4, 0.5) is 4.39 Å². The number of benzene rings is 2. The van der Waals surface area contributed by atoms with Crippen LogP contribution in [0.15, 0.2) is 59.1 Å². The Hall–Kier alpha value is -3.06. The van der Waals surface area contributed by atoms with Crippen molar-refractivity contribution < 1.29 is 13.7 Å². The Morgan fingerprint density at radius 1 is 1.21 bits per heavy atom. The van der Waals surface area contributed by atoms with Gasteiger partial charge in [-0.25, -0.2) is 4.39 Å². The van der Waals surface area contributed by atoms with E-state index in [-0.39, 0.29) is 11.7 Å². The SMILES string of the molecule is NC(=O)C1(c2ccccc2)CCN(Cc2nc(Cc3cccc(F)c3)no2)C1. The van der Waals surface area contributed by atoms with Gasteiger partial charge in [-0.05, 0) is 29.7 Å². The minimum Gasteiger partial charge on any atom is -0.369 e.